The fraction of sp³-hybridized carbons (Fsp3) is 0.267. The van der Waals surface area contributed by atoms with Crippen molar-refractivity contribution in [3.8, 4) is 5.75 Å². The van der Waals surface area contributed by atoms with Crippen LogP contribution in [0.15, 0.2) is 36.7 Å². The van der Waals surface area contributed by atoms with E-state index >= 15 is 0 Å². The second-order valence-electron chi connectivity index (χ2n) is 4.58. The van der Waals surface area contributed by atoms with Crippen LogP contribution in [0.3, 0.4) is 0 Å². The first-order chi connectivity index (χ1) is 8.98. The van der Waals surface area contributed by atoms with Gasteiger partial charge in [0.25, 0.3) is 0 Å². The van der Waals surface area contributed by atoms with E-state index in [2.05, 4.69) is 4.98 Å². The van der Waals surface area contributed by atoms with Crippen LogP contribution in [0.4, 0.5) is 4.39 Å². The number of pyridine rings is 1. The van der Waals surface area contributed by atoms with E-state index in [9.17, 15) is 9.50 Å². The highest BCUT2D eigenvalue weighted by atomic mass is 19.1. The first-order valence-corrected chi connectivity index (χ1v) is 5.95. The molecule has 3 nitrogen and oxygen atoms in total. The summed E-state index contributed by atoms with van der Waals surface area (Å²) in [6.07, 6.45) is 3.18. The lowest BCUT2D eigenvalue weighted by Gasteiger charge is -2.27. The summed E-state index contributed by atoms with van der Waals surface area (Å²) in [5, 5.41) is 10.8. The Labute approximate surface area is 111 Å². The maximum Gasteiger partial charge on any atom is 0.133 e. The number of hydrogen-bond donors (Lipinski definition) is 1. The minimum atomic E-state index is -1.50. The maximum atomic E-state index is 14.1. The second kappa shape index (κ2) is 4.97. The topological polar surface area (TPSA) is 42.4 Å². The van der Waals surface area contributed by atoms with Gasteiger partial charge in [0.05, 0.1) is 12.7 Å². The molecule has 0 fully saturated rings. The Morgan fingerprint density at radius 2 is 2.05 bits per heavy atom. The van der Waals surface area contributed by atoms with Crippen molar-refractivity contribution in [1.82, 2.24) is 4.98 Å². The van der Waals surface area contributed by atoms with Crippen LogP contribution in [0, 0.1) is 12.7 Å². The average molecular weight is 261 g/mol. The third kappa shape index (κ3) is 2.31. The summed E-state index contributed by atoms with van der Waals surface area (Å²) < 4.78 is 19.2. The van der Waals surface area contributed by atoms with Gasteiger partial charge in [0.2, 0.25) is 0 Å². The number of aliphatic hydroxyl groups is 1. The third-order valence-electron chi connectivity index (χ3n) is 3.25. The second-order valence-corrected chi connectivity index (χ2v) is 4.58. The van der Waals surface area contributed by atoms with E-state index in [0.29, 0.717) is 11.3 Å². The number of ether oxygens (including phenoxy) is 1. The molecule has 19 heavy (non-hydrogen) atoms. The van der Waals surface area contributed by atoms with Crippen molar-refractivity contribution in [2.45, 2.75) is 19.4 Å². The van der Waals surface area contributed by atoms with E-state index in [-0.39, 0.29) is 5.56 Å². The summed E-state index contributed by atoms with van der Waals surface area (Å²) >= 11 is 0. The molecule has 0 saturated carbocycles. The first kappa shape index (κ1) is 13.5. The minimum absolute atomic E-state index is 0.119. The van der Waals surface area contributed by atoms with Crippen molar-refractivity contribution in [2.24, 2.45) is 0 Å². The summed E-state index contributed by atoms with van der Waals surface area (Å²) in [5.41, 5.74) is 0.00646. The molecular weight excluding hydrogens is 245 g/mol. The summed E-state index contributed by atoms with van der Waals surface area (Å²) in [5.74, 6) is -0.194. The summed E-state index contributed by atoms with van der Waals surface area (Å²) in [7, 11) is 1.45. The Bertz CT molecular complexity index is 596. The van der Waals surface area contributed by atoms with Gasteiger partial charge in [-0.05, 0) is 37.6 Å². The van der Waals surface area contributed by atoms with Crippen molar-refractivity contribution in [3.05, 3.63) is 59.2 Å². The van der Waals surface area contributed by atoms with E-state index in [1.165, 1.54) is 20.1 Å². The molecular formula is C15H16FNO2. The number of aromatic nitrogens is 1. The van der Waals surface area contributed by atoms with Gasteiger partial charge in [-0.15, -0.1) is 0 Å². The van der Waals surface area contributed by atoms with Crippen molar-refractivity contribution in [2.75, 3.05) is 7.11 Å². The van der Waals surface area contributed by atoms with Crippen molar-refractivity contribution >= 4 is 0 Å². The van der Waals surface area contributed by atoms with Gasteiger partial charge in [-0.1, -0.05) is 6.07 Å². The smallest absolute Gasteiger partial charge is 0.133 e. The third-order valence-corrected chi connectivity index (χ3v) is 3.25. The van der Waals surface area contributed by atoms with Crippen molar-refractivity contribution in [3.63, 3.8) is 0 Å². The number of hydrogen-bond acceptors (Lipinski definition) is 3. The van der Waals surface area contributed by atoms with Crippen LogP contribution in [0.1, 0.15) is 23.6 Å². The van der Waals surface area contributed by atoms with Crippen LogP contribution in [-0.4, -0.2) is 17.2 Å². The molecule has 2 aromatic rings. The normalized spacial score (nSPS) is 13.9. The number of nitrogens with zero attached hydrogens (tertiary/aromatic N) is 1. The Morgan fingerprint density at radius 1 is 1.32 bits per heavy atom. The number of benzene rings is 1. The quantitative estimate of drug-likeness (QED) is 0.923. The van der Waals surface area contributed by atoms with Crippen LogP contribution in [0.25, 0.3) is 0 Å². The molecule has 0 bridgehead atoms. The van der Waals surface area contributed by atoms with Crippen LogP contribution in [0.5, 0.6) is 5.75 Å². The SMILES string of the molecule is COc1cccc(F)c1C(C)(O)c1cnccc1C. The molecule has 2 rings (SSSR count). The molecule has 0 amide bonds. The van der Waals surface area contributed by atoms with Crippen LogP contribution < -0.4 is 4.74 Å². The lowest BCUT2D eigenvalue weighted by molar-refractivity contribution is 0.0934. The van der Waals surface area contributed by atoms with Gasteiger partial charge in [-0.25, -0.2) is 4.39 Å². The first-order valence-electron chi connectivity index (χ1n) is 5.95. The molecule has 1 unspecified atom stereocenters. The van der Waals surface area contributed by atoms with E-state index in [1.54, 1.807) is 30.6 Å². The van der Waals surface area contributed by atoms with Crippen LogP contribution in [0.2, 0.25) is 0 Å². The van der Waals surface area contributed by atoms with Crippen LogP contribution in [-0.2, 0) is 5.60 Å². The molecule has 1 N–H and O–H groups in total. The highest BCUT2D eigenvalue weighted by Crippen LogP contribution is 2.37. The van der Waals surface area contributed by atoms with Crippen molar-refractivity contribution < 1.29 is 14.2 Å². The Balaban J connectivity index is 2.66. The highest BCUT2D eigenvalue weighted by molar-refractivity contribution is 5.46. The highest BCUT2D eigenvalue weighted by Gasteiger charge is 2.33. The van der Waals surface area contributed by atoms with Crippen molar-refractivity contribution in [1.29, 1.82) is 0 Å². The molecule has 1 aromatic carbocycles. The molecule has 1 aromatic heterocycles. The van der Waals surface area contributed by atoms with E-state index < -0.39 is 11.4 Å². The molecule has 0 saturated heterocycles. The lowest BCUT2D eigenvalue weighted by atomic mass is 9.86. The van der Waals surface area contributed by atoms with Crippen LogP contribution >= 0.6 is 0 Å². The van der Waals surface area contributed by atoms with E-state index in [1.807, 2.05) is 6.92 Å². The van der Waals surface area contributed by atoms with Gasteiger partial charge < -0.3 is 9.84 Å². The molecule has 4 heteroatoms. The molecule has 0 aliphatic rings. The van der Waals surface area contributed by atoms with Gasteiger partial charge >= 0.3 is 0 Å². The zero-order valence-corrected chi connectivity index (χ0v) is 11.1. The Morgan fingerprint density at radius 3 is 2.68 bits per heavy atom. The summed E-state index contributed by atoms with van der Waals surface area (Å²) in [6.45, 7) is 3.39. The largest absolute Gasteiger partial charge is 0.496 e. The predicted octanol–water partition coefficient (Wildman–Crippen LogP) is 2.79. The zero-order valence-electron chi connectivity index (χ0n) is 11.1. The molecule has 1 atom stereocenters. The number of methoxy groups -OCH3 is 1. The van der Waals surface area contributed by atoms with E-state index in [4.69, 9.17) is 4.74 Å². The monoisotopic (exact) mass is 261 g/mol. The number of rotatable bonds is 3. The van der Waals surface area contributed by atoms with Gasteiger partial charge in [0.1, 0.15) is 17.2 Å². The average Bonchev–Trinajstić information content (AvgIpc) is 2.38. The molecule has 0 aliphatic heterocycles. The summed E-state index contributed by atoms with van der Waals surface area (Å²) in [6, 6.07) is 6.25. The minimum Gasteiger partial charge on any atom is -0.496 e. The summed E-state index contributed by atoms with van der Waals surface area (Å²) in [4.78, 5) is 4.00. The predicted molar refractivity (Wildman–Crippen MR) is 70.6 cm³/mol. The van der Waals surface area contributed by atoms with Gasteiger partial charge in [0.15, 0.2) is 0 Å². The number of halogens is 1. The fourth-order valence-electron chi connectivity index (χ4n) is 2.26. The molecule has 0 aliphatic carbocycles. The number of aryl methyl sites for hydroxylation is 1. The molecule has 0 spiro atoms. The standard InChI is InChI=1S/C15H16FNO2/c1-10-7-8-17-9-11(10)15(2,18)14-12(16)5-4-6-13(14)19-3/h4-9,18H,1-3H3. The van der Waals surface area contributed by atoms with Gasteiger partial charge in [-0.2, -0.15) is 0 Å². The fourth-order valence-corrected chi connectivity index (χ4v) is 2.26. The zero-order chi connectivity index (χ0) is 14.0. The Hall–Kier alpha value is -1.94. The molecule has 1 heterocycles. The Kier molecular flexibility index (Phi) is 3.53. The lowest BCUT2D eigenvalue weighted by Crippen LogP contribution is -2.26. The molecule has 100 valence electrons. The maximum absolute atomic E-state index is 14.1. The van der Waals surface area contributed by atoms with Gasteiger partial charge in [-0.3, -0.25) is 4.98 Å². The van der Waals surface area contributed by atoms with E-state index in [0.717, 1.165) is 5.56 Å². The molecule has 0 radical (unpaired) electrons. The van der Waals surface area contributed by atoms with Gasteiger partial charge in [0, 0.05) is 18.0 Å².